The van der Waals surface area contributed by atoms with Gasteiger partial charge >= 0.3 is 0 Å². The third-order valence-corrected chi connectivity index (χ3v) is 4.80. The predicted molar refractivity (Wildman–Crippen MR) is 85.5 cm³/mol. The van der Waals surface area contributed by atoms with Gasteiger partial charge in [0.15, 0.2) is 5.78 Å². The zero-order chi connectivity index (χ0) is 15.7. The lowest BCUT2D eigenvalue weighted by Crippen LogP contribution is -2.27. The number of H-pyrrole nitrogens is 1. The quantitative estimate of drug-likeness (QED) is 0.834. The molecule has 0 bridgehead atoms. The van der Waals surface area contributed by atoms with E-state index in [1.807, 2.05) is 19.1 Å². The molecule has 0 aromatic carbocycles. The number of aromatic nitrogens is 1. The van der Waals surface area contributed by atoms with Crippen molar-refractivity contribution in [1.29, 1.82) is 0 Å². The number of aryl methyl sites for hydroxylation is 1. The lowest BCUT2D eigenvalue weighted by molar-refractivity contribution is 0.0935. The van der Waals surface area contributed by atoms with E-state index >= 15 is 0 Å². The number of thiophene rings is 1. The molecule has 4 nitrogen and oxygen atoms in total. The second kappa shape index (κ2) is 6.03. The first-order valence-electron chi connectivity index (χ1n) is 6.57. The Morgan fingerprint density at radius 2 is 2.00 bits per heavy atom. The van der Waals surface area contributed by atoms with Gasteiger partial charge in [-0.1, -0.05) is 11.6 Å². The number of aromatic amines is 1. The van der Waals surface area contributed by atoms with E-state index in [0.717, 1.165) is 10.6 Å². The molecule has 0 saturated carbocycles. The molecule has 0 fully saturated rings. The highest BCUT2D eigenvalue weighted by Gasteiger charge is 2.21. The maximum absolute atomic E-state index is 12.4. The van der Waals surface area contributed by atoms with E-state index in [-0.39, 0.29) is 17.7 Å². The molecule has 0 radical (unpaired) electrons. The van der Waals surface area contributed by atoms with Gasteiger partial charge in [-0.05, 0) is 45.4 Å². The summed E-state index contributed by atoms with van der Waals surface area (Å²) >= 11 is 7.34. The SMILES string of the molecule is CC(=O)c1c(C)[nH]c(C(=O)N[C@@H](C)c2ccc(Cl)s2)c1C. The maximum atomic E-state index is 12.4. The molecule has 21 heavy (non-hydrogen) atoms. The van der Waals surface area contributed by atoms with Crippen molar-refractivity contribution in [1.82, 2.24) is 10.3 Å². The summed E-state index contributed by atoms with van der Waals surface area (Å²) in [5, 5.41) is 2.92. The summed E-state index contributed by atoms with van der Waals surface area (Å²) in [6, 6.07) is 3.56. The highest BCUT2D eigenvalue weighted by molar-refractivity contribution is 7.16. The first-order valence-corrected chi connectivity index (χ1v) is 7.77. The molecule has 0 unspecified atom stereocenters. The molecular weight excluding hydrogens is 308 g/mol. The van der Waals surface area contributed by atoms with Crippen molar-refractivity contribution < 1.29 is 9.59 Å². The topological polar surface area (TPSA) is 62.0 Å². The normalized spacial score (nSPS) is 12.2. The molecule has 2 aromatic heterocycles. The summed E-state index contributed by atoms with van der Waals surface area (Å²) in [6.07, 6.45) is 0. The fourth-order valence-corrected chi connectivity index (χ4v) is 3.47. The van der Waals surface area contributed by atoms with Crippen LogP contribution in [-0.2, 0) is 0 Å². The summed E-state index contributed by atoms with van der Waals surface area (Å²) in [5.74, 6) is -0.265. The number of nitrogens with one attached hydrogen (secondary N) is 2. The first kappa shape index (κ1) is 15.8. The van der Waals surface area contributed by atoms with E-state index in [2.05, 4.69) is 10.3 Å². The number of hydrogen-bond donors (Lipinski definition) is 2. The van der Waals surface area contributed by atoms with E-state index in [0.29, 0.717) is 21.2 Å². The number of amides is 1. The average Bonchev–Trinajstić information content (AvgIpc) is 2.93. The van der Waals surface area contributed by atoms with Crippen LogP contribution >= 0.6 is 22.9 Å². The molecule has 0 saturated heterocycles. The fraction of sp³-hybridized carbons (Fsp3) is 0.333. The van der Waals surface area contributed by atoms with Crippen LogP contribution in [0.15, 0.2) is 12.1 Å². The van der Waals surface area contributed by atoms with E-state index < -0.39 is 0 Å². The second-order valence-electron chi connectivity index (χ2n) is 5.02. The fourth-order valence-electron chi connectivity index (χ4n) is 2.41. The van der Waals surface area contributed by atoms with Crippen LogP contribution in [0.1, 0.15) is 56.9 Å². The predicted octanol–water partition coefficient (Wildman–Crippen LogP) is 4.04. The average molecular weight is 325 g/mol. The second-order valence-corrected chi connectivity index (χ2v) is 6.76. The molecule has 112 valence electrons. The Kier molecular flexibility index (Phi) is 4.54. The Labute approximate surface area is 132 Å². The van der Waals surface area contributed by atoms with E-state index in [4.69, 9.17) is 11.6 Å². The van der Waals surface area contributed by atoms with Crippen LogP contribution in [0.2, 0.25) is 4.34 Å². The van der Waals surface area contributed by atoms with Crippen molar-refractivity contribution in [3.8, 4) is 0 Å². The Bertz CT molecular complexity index is 703. The minimum absolute atomic E-state index is 0.0432. The van der Waals surface area contributed by atoms with Crippen LogP contribution < -0.4 is 5.32 Å². The lowest BCUT2D eigenvalue weighted by atomic mass is 10.1. The van der Waals surface area contributed by atoms with Crippen LogP contribution in [0, 0.1) is 13.8 Å². The highest BCUT2D eigenvalue weighted by Crippen LogP contribution is 2.27. The van der Waals surface area contributed by atoms with Gasteiger partial charge in [-0.25, -0.2) is 0 Å². The number of ketones is 1. The van der Waals surface area contributed by atoms with Crippen molar-refractivity contribution >= 4 is 34.6 Å². The van der Waals surface area contributed by atoms with Crippen LogP contribution in [0.25, 0.3) is 0 Å². The molecule has 2 aromatic rings. The van der Waals surface area contributed by atoms with Crippen LogP contribution in [-0.4, -0.2) is 16.7 Å². The van der Waals surface area contributed by atoms with Gasteiger partial charge in [-0.2, -0.15) is 0 Å². The Hall–Kier alpha value is -1.59. The largest absolute Gasteiger partial charge is 0.354 e. The monoisotopic (exact) mass is 324 g/mol. The number of Topliss-reactive ketones (excluding diaryl/α,β-unsaturated/α-hetero) is 1. The summed E-state index contributed by atoms with van der Waals surface area (Å²) in [7, 11) is 0. The van der Waals surface area contributed by atoms with Crippen molar-refractivity contribution in [2.45, 2.75) is 33.7 Å². The van der Waals surface area contributed by atoms with E-state index in [1.165, 1.54) is 18.3 Å². The molecule has 6 heteroatoms. The summed E-state index contributed by atoms with van der Waals surface area (Å²) < 4.78 is 0.692. The lowest BCUT2D eigenvalue weighted by Gasteiger charge is -2.12. The van der Waals surface area contributed by atoms with Crippen LogP contribution in [0.5, 0.6) is 0 Å². The third kappa shape index (κ3) is 3.19. The molecule has 2 rings (SSSR count). The minimum atomic E-state index is -0.222. The van der Waals surface area contributed by atoms with Gasteiger partial charge in [0.05, 0.1) is 10.4 Å². The van der Waals surface area contributed by atoms with E-state index in [9.17, 15) is 9.59 Å². The van der Waals surface area contributed by atoms with Crippen LogP contribution in [0.4, 0.5) is 0 Å². The molecule has 0 spiro atoms. The summed E-state index contributed by atoms with van der Waals surface area (Å²) in [6.45, 7) is 6.98. The van der Waals surface area contributed by atoms with Gasteiger partial charge < -0.3 is 10.3 Å². The van der Waals surface area contributed by atoms with Gasteiger partial charge in [0.1, 0.15) is 5.69 Å². The van der Waals surface area contributed by atoms with Crippen molar-refractivity contribution in [2.75, 3.05) is 0 Å². The molecule has 2 heterocycles. The maximum Gasteiger partial charge on any atom is 0.268 e. The third-order valence-electron chi connectivity index (χ3n) is 3.38. The number of carbonyl (C=O) groups is 2. The number of hydrogen-bond acceptors (Lipinski definition) is 3. The molecule has 0 aliphatic rings. The molecule has 0 aliphatic heterocycles. The van der Waals surface area contributed by atoms with Gasteiger partial charge in [-0.3, -0.25) is 9.59 Å². The van der Waals surface area contributed by atoms with Gasteiger partial charge in [0.25, 0.3) is 5.91 Å². The zero-order valence-corrected chi connectivity index (χ0v) is 13.9. The number of rotatable bonds is 4. The molecule has 1 atom stereocenters. The van der Waals surface area contributed by atoms with Crippen molar-refractivity contribution in [2.24, 2.45) is 0 Å². The first-order chi connectivity index (χ1) is 9.81. The Balaban J connectivity index is 2.21. The number of halogens is 1. The standard InChI is InChI=1S/C15H17ClN2O2S/c1-7-13(10(4)19)9(3)17-14(7)15(20)18-8(2)11-5-6-12(16)21-11/h5-6,8,17H,1-4H3,(H,18,20)/t8-/m0/s1. The smallest absolute Gasteiger partial charge is 0.268 e. The van der Waals surface area contributed by atoms with Gasteiger partial charge in [0.2, 0.25) is 0 Å². The molecular formula is C15H17ClN2O2S. The van der Waals surface area contributed by atoms with Gasteiger partial charge in [-0.15, -0.1) is 11.3 Å². The minimum Gasteiger partial charge on any atom is -0.354 e. The van der Waals surface area contributed by atoms with Gasteiger partial charge in [0, 0.05) is 16.1 Å². The van der Waals surface area contributed by atoms with Crippen molar-refractivity contribution in [3.63, 3.8) is 0 Å². The van der Waals surface area contributed by atoms with E-state index in [1.54, 1.807) is 13.8 Å². The number of carbonyl (C=O) groups excluding carboxylic acids is 2. The zero-order valence-electron chi connectivity index (χ0n) is 12.3. The van der Waals surface area contributed by atoms with Crippen LogP contribution in [0.3, 0.4) is 0 Å². The Morgan fingerprint density at radius 3 is 2.48 bits per heavy atom. The molecule has 1 amide bonds. The molecule has 0 aliphatic carbocycles. The molecule has 2 N–H and O–H groups in total. The summed E-state index contributed by atoms with van der Waals surface area (Å²) in [4.78, 5) is 28.0. The highest BCUT2D eigenvalue weighted by atomic mass is 35.5. The summed E-state index contributed by atoms with van der Waals surface area (Å²) in [5.41, 5.74) is 2.44. The Morgan fingerprint density at radius 1 is 1.33 bits per heavy atom. The van der Waals surface area contributed by atoms with Crippen molar-refractivity contribution in [3.05, 3.63) is 43.9 Å².